The Kier molecular flexibility index (Phi) is 5.87. The van der Waals surface area contributed by atoms with Gasteiger partial charge in [-0.1, -0.05) is 36.4 Å². The summed E-state index contributed by atoms with van der Waals surface area (Å²) in [6.07, 6.45) is -10.4. The van der Waals surface area contributed by atoms with Crippen molar-refractivity contribution in [3.8, 4) is 0 Å². The Balaban J connectivity index is 1.86. The third-order valence-electron chi connectivity index (χ3n) is 5.31. The molecule has 0 bridgehead atoms. The van der Waals surface area contributed by atoms with Gasteiger partial charge >= 0.3 is 12.4 Å². The van der Waals surface area contributed by atoms with Gasteiger partial charge in [0.2, 0.25) is 5.91 Å². The minimum absolute atomic E-state index is 0.0183. The number of para-hydroxylation sites is 1. The Morgan fingerprint density at radius 2 is 1.31 bits per heavy atom. The summed E-state index contributed by atoms with van der Waals surface area (Å²) >= 11 is 0. The first-order valence-corrected chi connectivity index (χ1v) is 10.0. The van der Waals surface area contributed by atoms with Crippen molar-refractivity contribution in [3.63, 3.8) is 0 Å². The standard InChI is InChI=1S/C24H14F6N2O3/c25-23(26,27)13-10-14(24(28,29)30)12-16(11-13)32-21(34)18-9-5-4-8-17(18)19(22(32)35)20(33)31-15-6-2-1-3-7-15/h1-12,19H,(H,31,33). The molecule has 0 saturated heterocycles. The fourth-order valence-corrected chi connectivity index (χ4v) is 3.73. The van der Waals surface area contributed by atoms with Crippen LogP contribution in [-0.4, -0.2) is 17.7 Å². The quantitative estimate of drug-likeness (QED) is 0.293. The van der Waals surface area contributed by atoms with E-state index in [2.05, 4.69) is 5.32 Å². The Bertz CT molecular complexity index is 1290. The van der Waals surface area contributed by atoms with Crippen LogP contribution in [0.5, 0.6) is 0 Å². The number of carbonyl (C=O) groups is 3. The van der Waals surface area contributed by atoms with Gasteiger partial charge in [0, 0.05) is 11.3 Å². The van der Waals surface area contributed by atoms with Crippen LogP contribution in [0.2, 0.25) is 0 Å². The van der Waals surface area contributed by atoms with Crippen molar-refractivity contribution in [2.24, 2.45) is 0 Å². The van der Waals surface area contributed by atoms with Crippen LogP contribution in [0.15, 0.2) is 72.8 Å². The topological polar surface area (TPSA) is 66.5 Å². The fourth-order valence-electron chi connectivity index (χ4n) is 3.73. The first kappa shape index (κ1) is 24.0. The van der Waals surface area contributed by atoms with Crippen LogP contribution >= 0.6 is 0 Å². The summed E-state index contributed by atoms with van der Waals surface area (Å²) in [5, 5.41) is 2.48. The lowest BCUT2D eigenvalue weighted by Crippen LogP contribution is -2.48. The summed E-state index contributed by atoms with van der Waals surface area (Å²) < 4.78 is 80.2. The first-order valence-electron chi connectivity index (χ1n) is 10.0. The summed E-state index contributed by atoms with van der Waals surface area (Å²) in [6, 6.07) is 13.7. The molecular formula is C24H14F6N2O3. The van der Waals surface area contributed by atoms with E-state index >= 15 is 0 Å². The van der Waals surface area contributed by atoms with E-state index in [0.717, 1.165) is 0 Å². The van der Waals surface area contributed by atoms with Crippen molar-refractivity contribution < 1.29 is 40.7 Å². The van der Waals surface area contributed by atoms with Gasteiger partial charge in [0.25, 0.3) is 11.8 Å². The molecule has 0 saturated carbocycles. The fraction of sp³-hybridized carbons (Fsp3) is 0.125. The summed E-state index contributed by atoms with van der Waals surface area (Å²) in [6.45, 7) is 0. The molecule has 4 rings (SSSR count). The lowest BCUT2D eigenvalue weighted by atomic mass is 9.87. The highest BCUT2D eigenvalue weighted by Gasteiger charge is 2.45. The number of carbonyl (C=O) groups excluding carboxylic acids is 3. The van der Waals surface area contributed by atoms with Crippen molar-refractivity contribution in [1.29, 1.82) is 0 Å². The SMILES string of the molecule is O=C(Nc1ccccc1)C1C(=O)N(c2cc(C(F)(F)F)cc(C(F)(F)F)c2)C(=O)c2ccccc21. The van der Waals surface area contributed by atoms with Gasteiger partial charge in [-0.05, 0) is 42.0 Å². The van der Waals surface area contributed by atoms with Gasteiger partial charge in [-0.2, -0.15) is 26.3 Å². The molecular weight excluding hydrogens is 478 g/mol. The maximum absolute atomic E-state index is 13.4. The Labute approximate surface area is 194 Å². The molecule has 0 radical (unpaired) electrons. The average molecular weight is 492 g/mol. The van der Waals surface area contributed by atoms with Crippen LogP contribution < -0.4 is 10.2 Å². The van der Waals surface area contributed by atoms with Gasteiger partial charge in [0.15, 0.2) is 0 Å². The molecule has 1 heterocycles. The molecule has 1 aliphatic heterocycles. The second kappa shape index (κ2) is 8.57. The molecule has 11 heteroatoms. The van der Waals surface area contributed by atoms with Crippen LogP contribution in [0.3, 0.4) is 0 Å². The molecule has 3 aromatic rings. The number of nitrogens with one attached hydrogen (secondary N) is 1. The van der Waals surface area contributed by atoms with Crippen LogP contribution in [0.4, 0.5) is 37.7 Å². The molecule has 1 atom stereocenters. The minimum atomic E-state index is -5.19. The zero-order chi connectivity index (χ0) is 25.5. The van der Waals surface area contributed by atoms with Gasteiger partial charge in [0.05, 0.1) is 16.8 Å². The summed E-state index contributed by atoms with van der Waals surface area (Å²) in [5.41, 5.74) is -4.28. The smallest absolute Gasteiger partial charge is 0.325 e. The largest absolute Gasteiger partial charge is 0.416 e. The van der Waals surface area contributed by atoms with E-state index in [1.54, 1.807) is 18.2 Å². The number of imide groups is 1. The van der Waals surface area contributed by atoms with Gasteiger partial charge in [-0.3, -0.25) is 14.4 Å². The van der Waals surface area contributed by atoms with E-state index < -0.39 is 52.8 Å². The number of rotatable bonds is 3. The maximum atomic E-state index is 13.4. The van der Waals surface area contributed by atoms with Gasteiger partial charge in [-0.15, -0.1) is 0 Å². The molecule has 5 nitrogen and oxygen atoms in total. The second-order valence-corrected chi connectivity index (χ2v) is 7.62. The van der Waals surface area contributed by atoms with E-state index in [4.69, 9.17) is 0 Å². The molecule has 1 aliphatic rings. The average Bonchev–Trinajstić information content (AvgIpc) is 2.78. The third kappa shape index (κ3) is 4.61. The maximum Gasteiger partial charge on any atom is 0.416 e. The van der Waals surface area contributed by atoms with Crippen LogP contribution in [0.1, 0.15) is 33.0 Å². The minimum Gasteiger partial charge on any atom is -0.325 e. The summed E-state index contributed by atoms with van der Waals surface area (Å²) in [7, 11) is 0. The molecule has 3 aromatic carbocycles. The van der Waals surface area contributed by atoms with Crippen molar-refractivity contribution >= 4 is 29.1 Å². The molecule has 0 fully saturated rings. The van der Waals surface area contributed by atoms with Gasteiger partial charge in [0.1, 0.15) is 5.92 Å². The summed E-state index contributed by atoms with van der Waals surface area (Å²) in [4.78, 5) is 39.7. The van der Waals surface area contributed by atoms with E-state index in [9.17, 15) is 40.7 Å². The Hall–Kier alpha value is -4.15. The van der Waals surface area contributed by atoms with Crippen molar-refractivity contribution in [3.05, 3.63) is 95.1 Å². The third-order valence-corrected chi connectivity index (χ3v) is 5.31. The monoisotopic (exact) mass is 492 g/mol. The highest BCUT2D eigenvalue weighted by atomic mass is 19.4. The molecule has 1 unspecified atom stereocenters. The molecule has 0 aromatic heterocycles. The van der Waals surface area contributed by atoms with Crippen LogP contribution in [-0.2, 0) is 21.9 Å². The van der Waals surface area contributed by atoms with Crippen LogP contribution in [0, 0.1) is 0 Å². The predicted octanol–water partition coefficient (Wildman–Crippen LogP) is 5.63. The molecule has 0 aliphatic carbocycles. The van der Waals surface area contributed by atoms with E-state index in [1.165, 1.54) is 36.4 Å². The van der Waals surface area contributed by atoms with Gasteiger partial charge in [-0.25, -0.2) is 4.90 Å². The Morgan fingerprint density at radius 1 is 0.771 bits per heavy atom. The van der Waals surface area contributed by atoms with Crippen molar-refractivity contribution in [2.45, 2.75) is 18.3 Å². The first-order chi connectivity index (χ1) is 16.4. The lowest BCUT2D eigenvalue weighted by molar-refractivity contribution is -0.143. The lowest BCUT2D eigenvalue weighted by Gasteiger charge is -2.32. The number of hydrogen-bond acceptors (Lipinski definition) is 3. The molecule has 3 amide bonds. The highest BCUT2D eigenvalue weighted by molar-refractivity contribution is 6.31. The number of halogens is 6. The van der Waals surface area contributed by atoms with Crippen LogP contribution in [0.25, 0.3) is 0 Å². The van der Waals surface area contributed by atoms with Gasteiger partial charge < -0.3 is 5.32 Å². The summed E-state index contributed by atoms with van der Waals surface area (Å²) in [5.74, 6) is -5.04. The number of nitrogens with zero attached hydrogens (tertiary/aromatic N) is 1. The number of benzene rings is 3. The predicted molar refractivity (Wildman–Crippen MR) is 113 cm³/mol. The number of anilines is 2. The number of fused-ring (bicyclic) bond motifs is 1. The number of amides is 3. The van der Waals surface area contributed by atoms with E-state index in [-0.39, 0.29) is 34.2 Å². The number of hydrogen-bond donors (Lipinski definition) is 1. The van der Waals surface area contributed by atoms with Crippen molar-refractivity contribution in [2.75, 3.05) is 10.2 Å². The molecule has 180 valence electrons. The molecule has 35 heavy (non-hydrogen) atoms. The van der Waals surface area contributed by atoms with Crippen molar-refractivity contribution in [1.82, 2.24) is 0 Å². The number of alkyl halides is 6. The molecule has 0 spiro atoms. The zero-order valence-corrected chi connectivity index (χ0v) is 17.4. The zero-order valence-electron chi connectivity index (χ0n) is 17.4. The van der Waals surface area contributed by atoms with E-state index in [1.807, 2.05) is 0 Å². The Morgan fingerprint density at radius 3 is 1.89 bits per heavy atom. The van der Waals surface area contributed by atoms with E-state index in [0.29, 0.717) is 5.69 Å². The highest BCUT2D eigenvalue weighted by Crippen LogP contribution is 2.41. The normalized spacial score (nSPS) is 16.2. The second-order valence-electron chi connectivity index (χ2n) is 7.62. The molecule has 1 N–H and O–H groups in total.